The van der Waals surface area contributed by atoms with Gasteiger partial charge in [0, 0.05) is 17.8 Å². The Morgan fingerprint density at radius 3 is 2.59 bits per heavy atom. The third-order valence-corrected chi connectivity index (χ3v) is 3.37. The van der Waals surface area contributed by atoms with Crippen molar-refractivity contribution in [3.63, 3.8) is 0 Å². The van der Waals surface area contributed by atoms with Crippen molar-refractivity contribution in [2.45, 2.75) is 27.2 Å². The average Bonchev–Trinajstić information content (AvgIpc) is 2.45. The van der Waals surface area contributed by atoms with Gasteiger partial charge in [0.2, 0.25) is 5.91 Å². The number of nitrogens with zero attached hydrogens (tertiary/aromatic N) is 2. The van der Waals surface area contributed by atoms with Crippen molar-refractivity contribution >= 4 is 34.6 Å². The van der Waals surface area contributed by atoms with Gasteiger partial charge in [0.05, 0.1) is 6.54 Å². The normalized spacial score (nSPS) is 11.5. The molecule has 6 heteroatoms. The SMILES string of the molecule is CCC(=S)N=C(N)c1cccc(N(CC(N)=O)CC(C)C)c1. The molecular weight excluding hydrogens is 296 g/mol. The highest BCUT2D eigenvalue weighted by atomic mass is 32.1. The van der Waals surface area contributed by atoms with Gasteiger partial charge in [0.15, 0.2) is 0 Å². The second-order valence-corrected chi connectivity index (χ2v) is 6.01. The Morgan fingerprint density at radius 2 is 2.05 bits per heavy atom. The maximum absolute atomic E-state index is 11.3. The fourth-order valence-corrected chi connectivity index (χ4v) is 2.13. The number of carbonyl (C=O) groups is 1. The molecule has 0 atom stereocenters. The highest BCUT2D eigenvalue weighted by Gasteiger charge is 2.12. The van der Waals surface area contributed by atoms with E-state index in [0.717, 1.165) is 17.8 Å². The third-order valence-electron chi connectivity index (χ3n) is 2.99. The molecular formula is C16H24N4OS. The number of hydrogen-bond acceptors (Lipinski definition) is 3. The Balaban J connectivity index is 3.08. The number of rotatable bonds is 7. The number of aliphatic imine (C=N–C) groups is 1. The summed E-state index contributed by atoms with van der Waals surface area (Å²) < 4.78 is 0. The lowest BCUT2D eigenvalue weighted by Crippen LogP contribution is -2.36. The number of amidine groups is 1. The maximum Gasteiger partial charge on any atom is 0.236 e. The Bertz CT molecular complexity index is 569. The molecule has 4 N–H and O–H groups in total. The van der Waals surface area contributed by atoms with Gasteiger partial charge < -0.3 is 16.4 Å². The summed E-state index contributed by atoms with van der Waals surface area (Å²) in [6, 6.07) is 7.59. The first-order valence-corrected chi connectivity index (χ1v) is 7.75. The third kappa shape index (κ3) is 5.81. The topological polar surface area (TPSA) is 84.7 Å². The van der Waals surface area contributed by atoms with Crippen molar-refractivity contribution in [2.24, 2.45) is 22.4 Å². The minimum atomic E-state index is -0.361. The summed E-state index contributed by atoms with van der Waals surface area (Å²) in [5, 5.41) is 0. The molecule has 120 valence electrons. The Labute approximate surface area is 137 Å². The van der Waals surface area contributed by atoms with Gasteiger partial charge in [-0.25, -0.2) is 4.99 Å². The van der Waals surface area contributed by atoms with E-state index in [9.17, 15) is 4.79 Å². The smallest absolute Gasteiger partial charge is 0.236 e. The van der Waals surface area contributed by atoms with Crippen molar-refractivity contribution < 1.29 is 4.79 Å². The van der Waals surface area contributed by atoms with Gasteiger partial charge in [-0.05, 0) is 24.5 Å². The molecule has 0 saturated heterocycles. The van der Waals surface area contributed by atoms with Gasteiger partial charge in [0.25, 0.3) is 0 Å². The van der Waals surface area contributed by atoms with E-state index in [4.69, 9.17) is 23.7 Å². The maximum atomic E-state index is 11.3. The van der Waals surface area contributed by atoms with Crippen LogP contribution >= 0.6 is 12.2 Å². The van der Waals surface area contributed by atoms with E-state index < -0.39 is 0 Å². The van der Waals surface area contributed by atoms with Crippen LogP contribution in [0.2, 0.25) is 0 Å². The van der Waals surface area contributed by atoms with Crippen molar-refractivity contribution in [3.05, 3.63) is 29.8 Å². The summed E-state index contributed by atoms with van der Waals surface area (Å²) in [6.45, 7) is 7.02. The number of benzene rings is 1. The highest BCUT2D eigenvalue weighted by Crippen LogP contribution is 2.17. The molecule has 1 aromatic carbocycles. The highest BCUT2D eigenvalue weighted by molar-refractivity contribution is 7.80. The molecule has 0 spiro atoms. The lowest BCUT2D eigenvalue weighted by atomic mass is 10.1. The number of nitrogens with two attached hydrogens (primary N) is 2. The molecule has 0 bridgehead atoms. The molecule has 5 nitrogen and oxygen atoms in total. The Hall–Kier alpha value is -1.95. The molecule has 0 heterocycles. The quantitative estimate of drug-likeness (QED) is 0.457. The van der Waals surface area contributed by atoms with Crippen LogP contribution in [0.3, 0.4) is 0 Å². The van der Waals surface area contributed by atoms with Gasteiger partial charge in [-0.15, -0.1) is 0 Å². The van der Waals surface area contributed by atoms with Crippen molar-refractivity contribution in [1.82, 2.24) is 0 Å². The van der Waals surface area contributed by atoms with E-state index >= 15 is 0 Å². The van der Waals surface area contributed by atoms with Crippen LogP contribution in [-0.4, -0.2) is 29.8 Å². The van der Waals surface area contributed by atoms with Gasteiger partial charge in [-0.2, -0.15) is 0 Å². The molecule has 0 aliphatic carbocycles. The van der Waals surface area contributed by atoms with Crippen LogP contribution < -0.4 is 16.4 Å². The largest absolute Gasteiger partial charge is 0.383 e. The molecule has 0 aliphatic rings. The first-order chi connectivity index (χ1) is 10.3. The standard InChI is InChI=1S/C16H24N4OS/c1-4-15(22)19-16(18)12-6-5-7-13(8-12)20(9-11(2)3)10-14(17)21/h5-8,11H,4,9-10H2,1-3H3,(H2,17,21)(H2,18,19,22). The Kier molecular flexibility index (Phi) is 6.98. The summed E-state index contributed by atoms with van der Waals surface area (Å²) in [4.78, 5) is 18.0. The van der Waals surface area contributed by atoms with E-state index in [-0.39, 0.29) is 12.5 Å². The van der Waals surface area contributed by atoms with E-state index in [2.05, 4.69) is 18.8 Å². The predicted octanol–water partition coefficient (Wildman–Crippen LogP) is 2.08. The van der Waals surface area contributed by atoms with E-state index in [1.807, 2.05) is 36.1 Å². The summed E-state index contributed by atoms with van der Waals surface area (Å²) in [6.07, 6.45) is 0.677. The summed E-state index contributed by atoms with van der Waals surface area (Å²) in [7, 11) is 0. The lowest BCUT2D eigenvalue weighted by Gasteiger charge is -2.25. The molecule has 0 radical (unpaired) electrons. The van der Waals surface area contributed by atoms with Gasteiger partial charge in [0.1, 0.15) is 10.8 Å². The summed E-state index contributed by atoms with van der Waals surface area (Å²) in [5.74, 6) is 0.429. The van der Waals surface area contributed by atoms with E-state index in [0.29, 0.717) is 23.2 Å². The molecule has 0 aliphatic heterocycles. The first-order valence-electron chi connectivity index (χ1n) is 7.34. The second kappa shape index (κ2) is 8.48. The van der Waals surface area contributed by atoms with Crippen LogP contribution in [0.25, 0.3) is 0 Å². The van der Waals surface area contributed by atoms with Crippen LogP contribution in [0.1, 0.15) is 32.8 Å². The van der Waals surface area contributed by atoms with Crippen molar-refractivity contribution in [3.8, 4) is 0 Å². The average molecular weight is 320 g/mol. The van der Waals surface area contributed by atoms with Gasteiger partial charge in [-0.1, -0.05) is 45.1 Å². The van der Waals surface area contributed by atoms with Crippen molar-refractivity contribution in [1.29, 1.82) is 0 Å². The number of primary amides is 1. The van der Waals surface area contributed by atoms with E-state index in [1.54, 1.807) is 0 Å². The number of carbonyl (C=O) groups excluding carboxylic acids is 1. The second-order valence-electron chi connectivity index (χ2n) is 5.54. The molecule has 1 aromatic rings. The molecule has 1 amide bonds. The summed E-state index contributed by atoms with van der Waals surface area (Å²) in [5.41, 5.74) is 13.0. The minimum Gasteiger partial charge on any atom is -0.383 e. The number of anilines is 1. The Morgan fingerprint density at radius 1 is 1.36 bits per heavy atom. The van der Waals surface area contributed by atoms with Crippen LogP contribution in [0, 0.1) is 5.92 Å². The lowest BCUT2D eigenvalue weighted by molar-refractivity contribution is -0.116. The molecule has 0 fully saturated rings. The van der Waals surface area contributed by atoms with Crippen LogP contribution in [-0.2, 0) is 4.79 Å². The number of hydrogen-bond donors (Lipinski definition) is 2. The van der Waals surface area contributed by atoms with E-state index in [1.165, 1.54) is 0 Å². The van der Waals surface area contributed by atoms with Crippen LogP contribution in [0.15, 0.2) is 29.3 Å². The molecule has 0 saturated carbocycles. The van der Waals surface area contributed by atoms with Gasteiger partial charge >= 0.3 is 0 Å². The van der Waals surface area contributed by atoms with Gasteiger partial charge in [-0.3, -0.25) is 4.79 Å². The predicted molar refractivity (Wildman–Crippen MR) is 96.3 cm³/mol. The molecule has 22 heavy (non-hydrogen) atoms. The van der Waals surface area contributed by atoms with Crippen LogP contribution in [0.4, 0.5) is 5.69 Å². The fourth-order valence-electron chi connectivity index (χ4n) is 2.03. The number of amides is 1. The monoisotopic (exact) mass is 320 g/mol. The van der Waals surface area contributed by atoms with Crippen LogP contribution in [0.5, 0.6) is 0 Å². The zero-order chi connectivity index (χ0) is 16.7. The molecule has 0 aromatic heterocycles. The minimum absolute atomic E-state index is 0.173. The fraction of sp³-hybridized carbons (Fsp3) is 0.438. The number of thiocarbonyl (C=S) groups is 1. The molecule has 1 rings (SSSR count). The summed E-state index contributed by atoms with van der Waals surface area (Å²) >= 11 is 5.09. The van der Waals surface area contributed by atoms with Crippen molar-refractivity contribution in [2.75, 3.05) is 18.0 Å². The zero-order valence-corrected chi connectivity index (χ0v) is 14.2. The zero-order valence-electron chi connectivity index (χ0n) is 13.4. The first kappa shape index (κ1) is 18.1. The molecule has 0 unspecified atom stereocenters.